The lowest BCUT2D eigenvalue weighted by atomic mass is 9.98. The number of carbonyl (C=O) groups is 1. The number of hydrogen-bond acceptors (Lipinski definition) is 4. The van der Waals surface area contributed by atoms with Crippen LogP contribution in [0.15, 0.2) is 29.3 Å². The quantitative estimate of drug-likeness (QED) is 0.252. The van der Waals surface area contributed by atoms with Gasteiger partial charge in [0.2, 0.25) is 5.91 Å². The molecule has 2 rings (SSSR count). The van der Waals surface area contributed by atoms with E-state index in [0.29, 0.717) is 11.9 Å². The van der Waals surface area contributed by atoms with E-state index < -0.39 is 6.10 Å². The second-order valence-corrected chi connectivity index (χ2v) is 7.77. The van der Waals surface area contributed by atoms with Gasteiger partial charge in [-0.2, -0.15) is 0 Å². The van der Waals surface area contributed by atoms with E-state index in [1.807, 2.05) is 36.1 Å². The van der Waals surface area contributed by atoms with Crippen LogP contribution in [0.4, 0.5) is 0 Å². The fraction of sp³-hybridized carbons (Fsp3) is 0.652. The summed E-state index contributed by atoms with van der Waals surface area (Å²) >= 11 is 0. The minimum Gasteiger partial charge on any atom is -0.497 e. The summed E-state index contributed by atoms with van der Waals surface area (Å²) in [5.41, 5.74) is 0.780. The zero-order valence-electron chi connectivity index (χ0n) is 19.3. The molecule has 0 spiro atoms. The van der Waals surface area contributed by atoms with Gasteiger partial charge in [0.05, 0.1) is 19.8 Å². The molecule has 1 unspecified atom stereocenters. The van der Waals surface area contributed by atoms with Gasteiger partial charge >= 0.3 is 0 Å². The first-order chi connectivity index (χ1) is 14.5. The predicted molar refractivity (Wildman–Crippen MR) is 136 cm³/mol. The Morgan fingerprint density at radius 3 is 2.52 bits per heavy atom. The minimum atomic E-state index is -0.699. The molecule has 1 amide bonds. The second-order valence-electron chi connectivity index (χ2n) is 7.77. The van der Waals surface area contributed by atoms with Gasteiger partial charge < -0.3 is 25.4 Å². The Kier molecular flexibility index (Phi) is 12.9. The van der Waals surface area contributed by atoms with Gasteiger partial charge in [0.1, 0.15) is 5.75 Å². The smallest absolute Gasteiger partial charge is 0.225 e. The number of methoxy groups -OCH3 is 1. The molecule has 0 aromatic heterocycles. The highest BCUT2D eigenvalue weighted by Gasteiger charge is 2.26. The number of rotatable bonds is 9. The molecule has 8 heteroatoms. The molecule has 31 heavy (non-hydrogen) atoms. The van der Waals surface area contributed by atoms with Crippen LogP contribution in [0.2, 0.25) is 0 Å². The molecular formula is C23H39IN4O3. The van der Waals surface area contributed by atoms with E-state index in [1.165, 1.54) is 0 Å². The first-order valence-corrected chi connectivity index (χ1v) is 11.2. The Balaban J connectivity index is 0.00000480. The van der Waals surface area contributed by atoms with Crippen LogP contribution < -0.4 is 15.4 Å². The number of aliphatic imine (C=N–C) groups is 1. The van der Waals surface area contributed by atoms with Crippen LogP contribution >= 0.6 is 24.0 Å². The molecule has 1 aliphatic rings. The number of nitrogens with one attached hydrogen (secondary N) is 2. The van der Waals surface area contributed by atoms with E-state index in [1.54, 1.807) is 7.11 Å². The third kappa shape index (κ3) is 8.48. The molecule has 1 fully saturated rings. The molecule has 7 nitrogen and oxygen atoms in total. The second kappa shape index (κ2) is 14.5. The summed E-state index contributed by atoms with van der Waals surface area (Å²) in [5, 5.41) is 17.2. The van der Waals surface area contributed by atoms with E-state index in [2.05, 4.69) is 29.5 Å². The number of carbonyl (C=O) groups excluding carboxylic acids is 1. The van der Waals surface area contributed by atoms with Crippen molar-refractivity contribution in [2.45, 2.75) is 58.6 Å². The SMILES string of the molecule is CCNC(=NCC(O)c1cccc(OC)c1)NC1CCN(C(=O)C(CC)CC)CC1.I. The van der Waals surface area contributed by atoms with Gasteiger partial charge in [-0.25, -0.2) is 0 Å². The van der Waals surface area contributed by atoms with E-state index in [9.17, 15) is 9.90 Å². The first kappa shape index (κ1) is 27.5. The van der Waals surface area contributed by atoms with Crippen LogP contribution in [0.5, 0.6) is 5.75 Å². The van der Waals surface area contributed by atoms with Gasteiger partial charge in [0.15, 0.2) is 5.96 Å². The van der Waals surface area contributed by atoms with Crippen LogP contribution in [0.1, 0.15) is 58.1 Å². The number of ether oxygens (including phenoxy) is 1. The molecule has 0 radical (unpaired) electrons. The summed E-state index contributed by atoms with van der Waals surface area (Å²) in [7, 11) is 1.61. The molecule has 1 heterocycles. The number of hydrogen-bond donors (Lipinski definition) is 3. The topological polar surface area (TPSA) is 86.2 Å². The van der Waals surface area contributed by atoms with Crippen molar-refractivity contribution in [3.63, 3.8) is 0 Å². The van der Waals surface area contributed by atoms with Gasteiger partial charge in [-0.3, -0.25) is 9.79 Å². The summed E-state index contributed by atoms with van der Waals surface area (Å²) < 4.78 is 5.22. The summed E-state index contributed by atoms with van der Waals surface area (Å²) in [6.07, 6.45) is 2.90. The van der Waals surface area contributed by atoms with Crippen molar-refractivity contribution in [2.75, 3.05) is 33.3 Å². The maximum Gasteiger partial charge on any atom is 0.225 e. The van der Waals surface area contributed by atoms with E-state index in [-0.39, 0.29) is 42.5 Å². The number of likely N-dealkylation sites (tertiary alicyclic amines) is 1. The number of guanidine groups is 1. The highest BCUT2D eigenvalue weighted by molar-refractivity contribution is 14.0. The van der Waals surface area contributed by atoms with Crippen molar-refractivity contribution in [3.05, 3.63) is 29.8 Å². The van der Waals surface area contributed by atoms with Gasteiger partial charge in [-0.15, -0.1) is 24.0 Å². The van der Waals surface area contributed by atoms with E-state index in [0.717, 1.165) is 56.6 Å². The Hall–Kier alpha value is -1.55. The van der Waals surface area contributed by atoms with Crippen molar-refractivity contribution in [1.29, 1.82) is 0 Å². The molecule has 3 N–H and O–H groups in total. The maximum absolute atomic E-state index is 12.6. The third-order valence-corrected chi connectivity index (χ3v) is 5.73. The predicted octanol–water partition coefficient (Wildman–Crippen LogP) is 3.33. The largest absolute Gasteiger partial charge is 0.497 e. The van der Waals surface area contributed by atoms with E-state index >= 15 is 0 Å². The number of halogens is 1. The molecule has 0 bridgehead atoms. The summed E-state index contributed by atoms with van der Waals surface area (Å²) in [4.78, 5) is 19.2. The number of aliphatic hydroxyl groups excluding tert-OH is 1. The van der Waals surface area contributed by atoms with Gasteiger partial charge in [-0.1, -0.05) is 26.0 Å². The molecule has 1 aromatic carbocycles. The molecule has 0 saturated carbocycles. The van der Waals surface area contributed by atoms with Crippen molar-refractivity contribution in [3.8, 4) is 5.75 Å². The van der Waals surface area contributed by atoms with Crippen LogP contribution in [0, 0.1) is 5.92 Å². The van der Waals surface area contributed by atoms with Crippen molar-refractivity contribution in [2.24, 2.45) is 10.9 Å². The van der Waals surface area contributed by atoms with Crippen LogP contribution in [-0.2, 0) is 4.79 Å². The van der Waals surface area contributed by atoms with Gasteiger partial charge in [0.25, 0.3) is 0 Å². The first-order valence-electron chi connectivity index (χ1n) is 11.2. The maximum atomic E-state index is 12.6. The number of piperidine rings is 1. The molecule has 1 saturated heterocycles. The third-order valence-electron chi connectivity index (χ3n) is 5.73. The number of benzene rings is 1. The van der Waals surface area contributed by atoms with Crippen LogP contribution in [0.3, 0.4) is 0 Å². The lowest BCUT2D eigenvalue weighted by Gasteiger charge is -2.35. The zero-order chi connectivity index (χ0) is 21.9. The summed E-state index contributed by atoms with van der Waals surface area (Å²) in [6, 6.07) is 7.68. The highest BCUT2D eigenvalue weighted by atomic mass is 127. The monoisotopic (exact) mass is 546 g/mol. The minimum absolute atomic E-state index is 0. The Morgan fingerprint density at radius 1 is 1.26 bits per heavy atom. The molecule has 1 aliphatic heterocycles. The lowest BCUT2D eigenvalue weighted by Crippen LogP contribution is -2.50. The average Bonchev–Trinajstić information content (AvgIpc) is 2.78. The zero-order valence-corrected chi connectivity index (χ0v) is 21.6. The molecule has 1 aromatic rings. The molecule has 0 aliphatic carbocycles. The molecular weight excluding hydrogens is 507 g/mol. The Bertz CT molecular complexity index is 689. The fourth-order valence-electron chi connectivity index (χ4n) is 3.79. The fourth-order valence-corrected chi connectivity index (χ4v) is 3.79. The van der Waals surface area contributed by atoms with Crippen molar-refractivity contribution < 1.29 is 14.6 Å². The highest BCUT2D eigenvalue weighted by Crippen LogP contribution is 2.20. The summed E-state index contributed by atoms with van der Waals surface area (Å²) in [6.45, 7) is 8.74. The van der Waals surface area contributed by atoms with E-state index in [4.69, 9.17) is 4.74 Å². The average molecular weight is 546 g/mol. The normalized spacial score (nSPS) is 15.9. The Labute approximate surface area is 204 Å². The van der Waals surface area contributed by atoms with Gasteiger partial charge in [-0.05, 0) is 50.3 Å². The number of amides is 1. The lowest BCUT2D eigenvalue weighted by molar-refractivity contribution is -0.136. The van der Waals surface area contributed by atoms with Crippen LogP contribution in [-0.4, -0.2) is 61.2 Å². The van der Waals surface area contributed by atoms with Crippen molar-refractivity contribution in [1.82, 2.24) is 15.5 Å². The standard InChI is InChI=1S/C23H38N4O3.HI/c1-5-17(6-2)22(29)27-13-11-19(12-14-27)26-23(24-7-3)25-16-21(28)18-9-8-10-20(15-18)30-4;/h8-10,15,17,19,21,28H,5-7,11-14,16H2,1-4H3,(H2,24,25,26);1H. The summed E-state index contributed by atoms with van der Waals surface area (Å²) in [5.74, 6) is 1.85. The van der Waals surface area contributed by atoms with Crippen LogP contribution in [0.25, 0.3) is 0 Å². The number of aliphatic hydroxyl groups is 1. The molecule has 1 atom stereocenters. The Morgan fingerprint density at radius 2 is 1.94 bits per heavy atom. The van der Waals surface area contributed by atoms with Crippen molar-refractivity contribution >= 4 is 35.8 Å². The number of nitrogens with zero attached hydrogens (tertiary/aromatic N) is 2. The van der Waals surface area contributed by atoms with Gasteiger partial charge in [0, 0.05) is 31.6 Å². The molecule has 176 valence electrons.